The molecule has 3 rings (SSSR count). The van der Waals surface area contributed by atoms with Gasteiger partial charge in [0.25, 0.3) is 0 Å². The van der Waals surface area contributed by atoms with E-state index in [1.807, 2.05) is 6.92 Å². The van der Waals surface area contributed by atoms with Crippen LogP contribution in [0.15, 0.2) is 23.3 Å². The van der Waals surface area contributed by atoms with Crippen molar-refractivity contribution in [2.45, 2.75) is 139 Å². The van der Waals surface area contributed by atoms with Gasteiger partial charge in [0.05, 0.1) is 0 Å². The standard InChI is InChI=1S/C20H30O2.3C4H9.Sn/c1-13(2)14-6-8-16-15(12-14)7-9-17-19(16,3)10-5-11-20(17,4)18(21)22;3*1-3-4-2;/h7,12-13,16-17H,5-6,8-11H2,1-4H3,(H,21,22);3*1,3-4H2,2H3;/q;;;;+1/p-1/t16-,17?,19+,20+;;;;/m0..../s1. The van der Waals surface area contributed by atoms with Crippen LogP contribution in [-0.2, 0) is 4.79 Å². The fourth-order valence-corrected chi connectivity index (χ4v) is 16.7. The van der Waals surface area contributed by atoms with Crippen LogP contribution < -0.4 is 5.11 Å². The van der Waals surface area contributed by atoms with Gasteiger partial charge in [0.2, 0.25) is 0 Å². The molecule has 1 unspecified atom stereocenters. The van der Waals surface area contributed by atoms with Crippen molar-refractivity contribution in [1.82, 2.24) is 0 Å². The fraction of sp³-hybridized carbons (Fsp3) is 0.844. The number of unbranched alkanes of at least 4 members (excludes halogenated alkanes) is 3. The molecule has 0 amide bonds. The van der Waals surface area contributed by atoms with E-state index in [1.54, 1.807) is 18.9 Å². The Morgan fingerprint density at radius 1 is 1.03 bits per heavy atom. The van der Waals surface area contributed by atoms with Crippen LogP contribution in [0, 0.1) is 28.6 Å². The number of aliphatic carboxylic acids is 1. The molecule has 0 aromatic rings. The topological polar surface area (TPSA) is 40.1 Å². The molecule has 0 radical (unpaired) electrons. The van der Waals surface area contributed by atoms with Gasteiger partial charge >= 0.3 is 92.4 Å². The molecule has 0 heterocycles. The number of carbonyl (C=O) groups excluding carboxylic acids is 1. The van der Waals surface area contributed by atoms with Gasteiger partial charge in [-0.1, -0.05) is 51.8 Å². The number of allylic oxidation sites excluding steroid dienone is 4. The minimum atomic E-state index is -0.839. The first-order chi connectivity index (χ1) is 16.6. The first-order valence-electron chi connectivity index (χ1n) is 15.1. The van der Waals surface area contributed by atoms with Crippen LogP contribution in [-0.4, -0.2) is 25.7 Å². The second-order valence-corrected chi connectivity index (χ2v) is 21.1. The summed E-state index contributed by atoms with van der Waals surface area (Å²) in [6.45, 7) is 15.8. The van der Waals surface area contributed by atoms with E-state index in [4.69, 9.17) is 0 Å². The Hall–Kier alpha value is -0.251. The van der Waals surface area contributed by atoms with Crippen LogP contribution >= 0.6 is 0 Å². The normalized spacial score (nSPS) is 29.8. The molecule has 0 aliphatic heterocycles. The molecular weight excluding hydrogens is 535 g/mol. The summed E-state index contributed by atoms with van der Waals surface area (Å²) in [6, 6.07) is 0. The third-order valence-corrected chi connectivity index (χ3v) is 18.8. The van der Waals surface area contributed by atoms with Gasteiger partial charge in [-0.2, -0.15) is 0 Å². The van der Waals surface area contributed by atoms with Crippen LogP contribution in [0.2, 0.25) is 13.3 Å². The molecule has 35 heavy (non-hydrogen) atoms. The fourth-order valence-electron chi connectivity index (χ4n) is 7.24. The third kappa shape index (κ3) is 7.87. The molecular formula is C32H56O2Sn. The summed E-state index contributed by atoms with van der Waals surface area (Å²) < 4.78 is 5.04. The van der Waals surface area contributed by atoms with Gasteiger partial charge in [0.1, 0.15) is 0 Å². The van der Waals surface area contributed by atoms with E-state index in [9.17, 15) is 9.90 Å². The van der Waals surface area contributed by atoms with E-state index in [0.29, 0.717) is 11.8 Å². The maximum atomic E-state index is 11.8. The van der Waals surface area contributed by atoms with Crippen LogP contribution in [0.3, 0.4) is 0 Å². The van der Waals surface area contributed by atoms with Crippen molar-refractivity contribution in [2.24, 2.45) is 28.6 Å². The van der Waals surface area contributed by atoms with Crippen LogP contribution in [0.25, 0.3) is 0 Å². The molecule has 3 aliphatic rings. The molecule has 0 saturated heterocycles. The molecule has 0 aromatic heterocycles. The van der Waals surface area contributed by atoms with Crippen molar-refractivity contribution < 1.29 is 9.90 Å². The quantitative estimate of drug-likeness (QED) is 0.226. The Bertz CT molecular complexity index is 704. The SMILES string of the molecule is CC(C)C1=CC2=CCC3[C@](C)(C(=O)[O-])CCC[C@]3(C)[C@H]2CC1.CCC[CH2][Sn+]([CH2]CCC)[CH2]CCC. The van der Waals surface area contributed by atoms with Gasteiger partial charge in [-0.25, -0.2) is 0 Å². The average molecular weight is 592 g/mol. The van der Waals surface area contributed by atoms with Gasteiger partial charge in [-0.05, 0) is 60.8 Å². The molecule has 1 fully saturated rings. The molecule has 3 heteroatoms. The second-order valence-electron chi connectivity index (χ2n) is 12.6. The number of hydrogen-bond acceptors (Lipinski definition) is 2. The van der Waals surface area contributed by atoms with E-state index in [1.165, 1.54) is 56.9 Å². The molecule has 0 bridgehead atoms. The van der Waals surface area contributed by atoms with Crippen LogP contribution in [0.4, 0.5) is 0 Å². The average Bonchev–Trinajstić information content (AvgIpc) is 2.83. The molecule has 2 nitrogen and oxygen atoms in total. The Balaban J connectivity index is 0.000000287. The summed E-state index contributed by atoms with van der Waals surface area (Å²) in [6.07, 6.45) is 19.8. The van der Waals surface area contributed by atoms with Crippen molar-refractivity contribution in [3.8, 4) is 0 Å². The van der Waals surface area contributed by atoms with Crippen molar-refractivity contribution in [3.05, 3.63) is 23.3 Å². The first kappa shape index (κ1) is 31.0. The van der Waals surface area contributed by atoms with Gasteiger partial charge < -0.3 is 9.90 Å². The summed E-state index contributed by atoms with van der Waals surface area (Å²) in [5.74, 6) is 0.538. The maximum absolute atomic E-state index is 11.8. The zero-order chi connectivity index (χ0) is 26.1. The van der Waals surface area contributed by atoms with E-state index < -0.39 is 31.1 Å². The van der Waals surface area contributed by atoms with Crippen LogP contribution in [0.1, 0.15) is 126 Å². The molecule has 1 saturated carbocycles. The van der Waals surface area contributed by atoms with E-state index in [2.05, 4.69) is 53.7 Å². The second kappa shape index (κ2) is 14.6. The summed E-state index contributed by atoms with van der Waals surface area (Å²) in [5.41, 5.74) is 2.51. The van der Waals surface area contributed by atoms with Gasteiger partial charge in [-0.3, -0.25) is 0 Å². The summed E-state index contributed by atoms with van der Waals surface area (Å²) in [5, 5.41) is 11.8. The summed E-state index contributed by atoms with van der Waals surface area (Å²) in [7, 11) is 0. The predicted octanol–water partition coefficient (Wildman–Crippen LogP) is 8.75. The number of carbonyl (C=O) groups is 1. The van der Waals surface area contributed by atoms with Crippen molar-refractivity contribution >= 4 is 25.7 Å². The molecule has 0 N–H and O–H groups in total. The zero-order valence-electron chi connectivity index (χ0n) is 24.3. The molecule has 4 atom stereocenters. The first-order valence-corrected chi connectivity index (χ1v) is 21.1. The van der Waals surface area contributed by atoms with Crippen molar-refractivity contribution in [1.29, 1.82) is 0 Å². The van der Waals surface area contributed by atoms with E-state index in [-0.39, 0.29) is 11.3 Å². The predicted molar refractivity (Wildman–Crippen MR) is 152 cm³/mol. The number of hydrogen-bond donors (Lipinski definition) is 0. The molecule has 0 aromatic carbocycles. The van der Waals surface area contributed by atoms with Gasteiger partial charge in [0.15, 0.2) is 0 Å². The summed E-state index contributed by atoms with van der Waals surface area (Å²) in [4.78, 5) is 11.8. The van der Waals surface area contributed by atoms with Gasteiger partial charge in [0, 0.05) is 11.4 Å². The van der Waals surface area contributed by atoms with Crippen molar-refractivity contribution in [2.75, 3.05) is 0 Å². The number of fused-ring (bicyclic) bond motifs is 3. The van der Waals surface area contributed by atoms with Crippen molar-refractivity contribution in [3.63, 3.8) is 0 Å². The molecule has 0 spiro atoms. The molecule has 200 valence electrons. The minimum absolute atomic E-state index is 0.121. The zero-order valence-corrected chi connectivity index (χ0v) is 27.2. The summed E-state index contributed by atoms with van der Waals surface area (Å²) >= 11 is -0.839. The Kier molecular flexibility index (Phi) is 12.9. The number of carboxylic acid groups (broad SMARTS) is 1. The van der Waals surface area contributed by atoms with E-state index in [0.717, 1.165) is 25.7 Å². The van der Waals surface area contributed by atoms with E-state index >= 15 is 0 Å². The monoisotopic (exact) mass is 592 g/mol. The molecule has 3 aliphatic carbocycles. The Morgan fingerprint density at radius 2 is 1.60 bits per heavy atom. The van der Waals surface area contributed by atoms with Crippen LogP contribution in [0.5, 0.6) is 0 Å². The van der Waals surface area contributed by atoms with Gasteiger partial charge in [-0.15, -0.1) is 0 Å². The Labute approximate surface area is 225 Å². The number of rotatable bonds is 11. The Morgan fingerprint density at radius 3 is 2.09 bits per heavy atom. The number of carboxylic acids is 1. The third-order valence-electron chi connectivity index (χ3n) is 9.70.